The lowest BCUT2D eigenvalue weighted by atomic mass is 10.1. The third-order valence-corrected chi connectivity index (χ3v) is 1.18. The summed E-state index contributed by atoms with van der Waals surface area (Å²) >= 11 is 0. The summed E-state index contributed by atoms with van der Waals surface area (Å²) in [5.41, 5.74) is -1.04. The number of aldehydes is 1. The topological polar surface area (TPSA) is 112 Å². The van der Waals surface area contributed by atoms with Crippen LogP contribution >= 0.6 is 0 Å². The maximum absolute atomic E-state index is 10.4. The van der Waals surface area contributed by atoms with Gasteiger partial charge in [-0.3, -0.25) is 4.79 Å². The van der Waals surface area contributed by atoms with E-state index >= 15 is 0 Å². The van der Waals surface area contributed by atoms with Crippen molar-refractivity contribution in [1.82, 2.24) is 0 Å². The van der Waals surface area contributed by atoms with Crippen LogP contribution in [0.3, 0.4) is 0 Å². The van der Waals surface area contributed by atoms with E-state index in [4.69, 9.17) is 21.0 Å². The Bertz CT molecular complexity index is 439. The van der Waals surface area contributed by atoms with Crippen molar-refractivity contribution in [2.24, 2.45) is 0 Å². The molecule has 0 heterocycles. The largest absolute Gasteiger partial charge is 0.298 e. The van der Waals surface area contributed by atoms with Crippen LogP contribution in [0.2, 0.25) is 0 Å². The van der Waals surface area contributed by atoms with E-state index in [1.807, 2.05) is 0 Å². The van der Waals surface area contributed by atoms with E-state index in [0.717, 1.165) is 6.08 Å². The average Bonchev–Trinajstić information content (AvgIpc) is 2.24. The Morgan fingerprint density at radius 1 is 0.929 bits per heavy atom. The SMILES string of the molecule is N#CC(C#N)=CC(C=O)=C(C#N)C#N. The molecule has 0 fully saturated rings. The maximum Gasteiger partial charge on any atom is 0.152 e. The molecule has 0 atom stereocenters. The molecule has 0 N–H and O–H groups in total. The fourth-order valence-corrected chi connectivity index (χ4v) is 0.564. The predicted molar refractivity (Wildman–Crippen MR) is 43.6 cm³/mol. The summed E-state index contributed by atoms with van der Waals surface area (Å²) in [6, 6.07) is 5.98. The van der Waals surface area contributed by atoms with E-state index in [0.29, 0.717) is 0 Å². The first-order valence-electron chi connectivity index (χ1n) is 3.25. The summed E-state index contributed by atoms with van der Waals surface area (Å²) in [4.78, 5) is 10.4. The van der Waals surface area contributed by atoms with E-state index in [9.17, 15) is 4.79 Å². The van der Waals surface area contributed by atoms with Crippen LogP contribution in [0.25, 0.3) is 0 Å². The maximum atomic E-state index is 10.4. The Morgan fingerprint density at radius 2 is 1.43 bits per heavy atom. The first-order valence-corrected chi connectivity index (χ1v) is 3.25. The zero-order valence-corrected chi connectivity index (χ0v) is 6.85. The van der Waals surface area contributed by atoms with Crippen molar-refractivity contribution in [3.05, 3.63) is 22.8 Å². The minimum Gasteiger partial charge on any atom is -0.298 e. The second-order valence-electron chi connectivity index (χ2n) is 1.95. The summed E-state index contributed by atoms with van der Waals surface area (Å²) in [6.45, 7) is 0. The molecule has 0 aliphatic heterocycles. The third-order valence-electron chi connectivity index (χ3n) is 1.18. The molecule has 0 rings (SSSR count). The highest BCUT2D eigenvalue weighted by molar-refractivity contribution is 5.82. The average molecular weight is 182 g/mol. The molecule has 0 saturated carbocycles. The van der Waals surface area contributed by atoms with Gasteiger partial charge < -0.3 is 0 Å². The Kier molecular flexibility index (Phi) is 4.54. The number of hydrogen-bond acceptors (Lipinski definition) is 5. The molecule has 5 nitrogen and oxygen atoms in total. The summed E-state index contributed by atoms with van der Waals surface area (Å²) in [5.74, 6) is 0. The lowest BCUT2D eigenvalue weighted by Gasteiger charge is -1.87. The smallest absolute Gasteiger partial charge is 0.152 e. The van der Waals surface area contributed by atoms with Crippen LogP contribution in [0.5, 0.6) is 0 Å². The van der Waals surface area contributed by atoms with Crippen molar-refractivity contribution in [3.63, 3.8) is 0 Å². The molecule has 0 amide bonds. The van der Waals surface area contributed by atoms with Crippen molar-refractivity contribution in [2.75, 3.05) is 0 Å². The van der Waals surface area contributed by atoms with Crippen molar-refractivity contribution in [2.45, 2.75) is 0 Å². The lowest BCUT2D eigenvalue weighted by molar-refractivity contribution is -0.104. The Labute approximate surface area is 80.0 Å². The first kappa shape index (κ1) is 11.1. The van der Waals surface area contributed by atoms with E-state index in [-0.39, 0.29) is 17.4 Å². The number of nitrogens with zero attached hydrogens (tertiary/aromatic N) is 4. The number of hydrogen-bond donors (Lipinski definition) is 0. The van der Waals surface area contributed by atoms with Gasteiger partial charge in [0.25, 0.3) is 0 Å². The zero-order chi connectivity index (χ0) is 11.0. The molecule has 14 heavy (non-hydrogen) atoms. The first-order chi connectivity index (χ1) is 6.73. The normalized spacial score (nSPS) is 6.57. The van der Waals surface area contributed by atoms with Crippen molar-refractivity contribution in [1.29, 1.82) is 21.0 Å². The molecule has 0 radical (unpaired) electrons. The molecule has 0 bridgehead atoms. The molecule has 5 heteroatoms. The predicted octanol–water partition coefficient (Wildman–Crippen LogP) is 0.503. The summed E-state index contributed by atoms with van der Waals surface area (Å²) in [5, 5.41) is 33.5. The van der Waals surface area contributed by atoms with E-state index in [1.54, 1.807) is 0 Å². The highest BCUT2D eigenvalue weighted by atomic mass is 16.1. The molecular formula is C9H2N4O. The van der Waals surface area contributed by atoms with Gasteiger partial charge in [-0.05, 0) is 6.08 Å². The van der Waals surface area contributed by atoms with Crippen LogP contribution in [0.4, 0.5) is 0 Å². The second kappa shape index (κ2) is 5.72. The molecule has 0 aromatic rings. The number of rotatable bonds is 2. The van der Waals surface area contributed by atoms with Gasteiger partial charge >= 0.3 is 0 Å². The minimum atomic E-state index is -0.428. The van der Waals surface area contributed by atoms with Crippen LogP contribution < -0.4 is 0 Å². The van der Waals surface area contributed by atoms with Crippen LogP contribution in [0.1, 0.15) is 0 Å². The van der Waals surface area contributed by atoms with Crippen molar-refractivity contribution < 1.29 is 4.79 Å². The standard InChI is InChI=1S/C9H2N4O/c10-2-7(3-11)1-8(6-14)9(4-12)5-13/h1,6H. The summed E-state index contributed by atoms with van der Waals surface area (Å²) in [6.07, 6.45) is 1.14. The molecule has 0 spiro atoms. The monoisotopic (exact) mass is 182 g/mol. The van der Waals surface area contributed by atoms with Gasteiger partial charge in [0, 0.05) is 5.57 Å². The molecular weight excluding hydrogens is 180 g/mol. The molecule has 64 valence electrons. The van der Waals surface area contributed by atoms with Gasteiger partial charge in [0.05, 0.1) is 0 Å². The zero-order valence-electron chi connectivity index (χ0n) is 6.85. The quantitative estimate of drug-likeness (QED) is 0.267. The molecule has 0 aromatic heterocycles. The Morgan fingerprint density at radius 3 is 1.71 bits per heavy atom. The van der Waals surface area contributed by atoms with Crippen LogP contribution in [0.15, 0.2) is 22.8 Å². The van der Waals surface area contributed by atoms with E-state index < -0.39 is 5.57 Å². The van der Waals surface area contributed by atoms with Gasteiger partial charge in [-0.1, -0.05) is 0 Å². The minimum absolute atomic E-state index is 0.246. The number of allylic oxidation sites excluding steroid dienone is 4. The molecule has 0 saturated heterocycles. The fourth-order valence-electron chi connectivity index (χ4n) is 0.564. The highest BCUT2D eigenvalue weighted by Gasteiger charge is 2.03. The van der Waals surface area contributed by atoms with Gasteiger partial charge in [-0.2, -0.15) is 21.0 Å². The molecule has 0 aromatic carbocycles. The van der Waals surface area contributed by atoms with E-state index in [1.165, 1.54) is 24.3 Å². The van der Waals surface area contributed by atoms with Crippen molar-refractivity contribution in [3.8, 4) is 24.3 Å². The Balaban J connectivity index is 5.52. The lowest BCUT2D eigenvalue weighted by Crippen LogP contribution is -1.88. The van der Waals surface area contributed by atoms with Crippen molar-refractivity contribution >= 4 is 6.29 Å². The molecule has 0 unspecified atom stereocenters. The Hall–Kier alpha value is -2.89. The van der Waals surface area contributed by atoms with E-state index in [2.05, 4.69) is 0 Å². The number of nitriles is 4. The van der Waals surface area contributed by atoms with Crippen LogP contribution in [-0.2, 0) is 4.79 Å². The van der Waals surface area contributed by atoms with Crippen LogP contribution in [0, 0.1) is 45.3 Å². The number of carbonyl (C=O) groups excluding carboxylic acids is 1. The second-order valence-corrected chi connectivity index (χ2v) is 1.95. The summed E-state index contributed by atoms with van der Waals surface area (Å²) in [7, 11) is 0. The highest BCUT2D eigenvalue weighted by Crippen LogP contribution is 2.04. The number of carbonyl (C=O) groups is 1. The van der Waals surface area contributed by atoms with Gasteiger partial charge in [0.1, 0.15) is 35.4 Å². The van der Waals surface area contributed by atoms with Gasteiger partial charge in [-0.15, -0.1) is 0 Å². The van der Waals surface area contributed by atoms with Gasteiger partial charge in [0.15, 0.2) is 6.29 Å². The van der Waals surface area contributed by atoms with Crippen LogP contribution in [-0.4, -0.2) is 6.29 Å². The summed E-state index contributed by atoms with van der Waals surface area (Å²) < 4.78 is 0. The van der Waals surface area contributed by atoms with Gasteiger partial charge in [-0.25, -0.2) is 0 Å². The fraction of sp³-hybridized carbons (Fsp3) is 0. The molecule has 0 aliphatic carbocycles. The third kappa shape index (κ3) is 2.62. The molecule has 0 aliphatic rings. The van der Waals surface area contributed by atoms with Gasteiger partial charge in [0.2, 0.25) is 0 Å².